The van der Waals surface area contributed by atoms with Gasteiger partial charge in [0, 0.05) is 16.5 Å². The van der Waals surface area contributed by atoms with Crippen LogP contribution in [0.25, 0.3) is 0 Å². The monoisotopic (exact) mass is 420 g/mol. The summed E-state index contributed by atoms with van der Waals surface area (Å²) in [4.78, 5) is 6.85. The van der Waals surface area contributed by atoms with Gasteiger partial charge in [-0.2, -0.15) is 0 Å². The van der Waals surface area contributed by atoms with E-state index in [0.29, 0.717) is 5.02 Å². The first kappa shape index (κ1) is 18.8. The minimum Gasteiger partial charge on any atom is -0.315 e. The molecule has 0 spiro atoms. The Labute approximate surface area is 169 Å². The average Bonchev–Trinajstić information content (AvgIpc) is 3.08. The summed E-state index contributed by atoms with van der Waals surface area (Å²) in [6.07, 6.45) is 0. The van der Waals surface area contributed by atoms with E-state index >= 15 is 0 Å². The number of aryl methyl sites for hydroxylation is 2. The van der Waals surface area contributed by atoms with Gasteiger partial charge in [0.1, 0.15) is 0 Å². The second kappa shape index (κ2) is 7.15. The highest BCUT2D eigenvalue weighted by Gasteiger charge is 2.47. The molecule has 7 heteroatoms. The Morgan fingerprint density at radius 2 is 1.85 bits per heavy atom. The van der Waals surface area contributed by atoms with Crippen molar-refractivity contribution in [3.8, 4) is 0 Å². The Hall–Kier alpha value is -1.50. The number of anilines is 1. The molecule has 0 unspecified atom stereocenters. The molecule has 142 valence electrons. The number of thioether (sulfide) groups is 1. The van der Waals surface area contributed by atoms with E-state index in [2.05, 4.69) is 36.9 Å². The highest BCUT2D eigenvalue weighted by molar-refractivity contribution is 8.13. The van der Waals surface area contributed by atoms with Crippen LogP contribution < -0.4 is 4.90 Å². The second-order valence-corrected chi connectivity index (χ2v) is 10.7. The smallest absolute Gasteiger partial charge is 0.164 e. The first-order valence-corrected chi connectivity index (χ1v) is 12.0. The van der Waals surface area contributed by atoms with Crippen LogP contribution in [0.4, 0.5) is 5.69 Å². The zero-order valence-electron chi connectivity index (χ0n) is 15.2. The van der Waals surface area contributed by atoms with Crippen molar-refractivity contribution in [1.29, 1.82) is 0 Å². The van der Waals surface area contributed by atoms with E-state index in [4.69, 9.17) is 16.6 Å². The highest BCUT2D eigenvalue weighted by Crippen LogP contribution is 2.36. The Morgan fingerprint density at radius 1 is 1.11 bits per heavy atom. The quantitative estimate of drug-likeness (QED) is 0.745. The molecule has 1 fully saturated rings. The van der Waals surface area contributed by atoms with E-state index in [1.165, 1.54) is 16.7 Å². The van der Waals surface area contributed by atoms with Crippen LogP contribution in [-0.2, 0) is 15.6 Å². The fourth-order valence-electron chi connectivity index (χ4n) is 3.58. The number of sulfone groups is 1. The zero-order valence-corrected chi connectivity index (χ0v) is 17.6. The predicted octanol–water partition coefficient (Wildman–Crippen LogP) is 4.23. The second-order valence-electron chi connectivity index (χ2n) is 7.18. The fraction of sp³-hybridized carbons (Fsp3) is 0.350. The van der Waals surface area contributed by atoms with Crippen molar-refractivity contribution in [2.75, 3.05) is 16.4 Å². The Kier molecular flexibility index (Phi) is 4.99. The van der Waals surface area contributed by atoms with Gasteiger partial charge in [-0.3, -0.25) is 4.99 Å². The number of amidine groups is 1. The normalized spacial score (nSPS) is 23.4. The summed E-state index contributed by atoms with van der Waals surface area (Å²) in [5.41, 5.74) is 4.74. The van der Waals surface area contributed by atoms with Crippen molar-refractivity contribution in [2.45, 2.75) is 31.7 Å². The van der Waals surface area contributed by atoms with Crippen LogP contribution in [0.15, 0.2) is 47.5 Å². The maximum atomic E-state index is 12.1. The van der Waals surface area contributed by atoms with Crippen molar-refractivity contribution in [3.63, 3.8) is 0 Å². The predicted molar refractivity (Wildman–Crippen MR) is 115 cm³/mol. The molecule has 0 aromatic heterocycles. The van der Waals surface area contributed by atoms with Crippen LogP contribution in [0.2, 0.25) is 5.02 Å². The summed E-state index contributed by atoms with van der Waals surface area (Å²) >= 11 is 7.69. The van der Waals surface area contributed by atoms with Crippen LogP contribution in [-0.4, -0.2) is 37.2 Å². The molecule has 2 heterocycles. The lowest BCUT2D eigenvalue weighted by molar-refractivity contribution is 0.601. The van der Waals surface area contributed by atoms with E-state index in [0.717, 1.165) is 16.6 Å². The molecule has 27 heavy (non-hydrogen) atoms. The molecule has 0 bridgehead atoms. The minimum absolute atomic E-state index is 0.126. The molecular formula is C20H21ClN2O2S2. The Balaban J connectivity index is 1.60. The van der Waals surface area contributed by atoms with Crippen molar-refractivity contribution in [1.82, 2.24) is 0 Å². The van der Waals surface area contributed by atoms with E-state index < -0.39 is 9.84 Å². The maximum Gasteiger partial charge on any atom is 0.164 e. The summed E-state index contributed by atoms with van der Waals surface area (Å²) in [5, 5.41) is 1.55. The maximum absolute atomic E-state index is 12.1. The van der Waals surface area contributed by atoms with Gasteiger partial charge in [-0.15, -0.1) is 0 Å². The van der Waals surface area contributed by atoms with Gasteiger partial charge in [-0.1, -0.05) is 41.6 Å². The third kappa shape index (κ3) is 3.89. The van der Waals surface area contributed by atoms with Crippen molar-refractivity contribution >= 4 is 44.1 Å². The first-order valence-electron chi connectivity index (χ1n) is 8.84. The van der Waals surface area contributed by atoms with Crippen molar-refractivity contribution in [2.24, 2.45) is 4.99 Å². The van der Waals surface area contributed by atoms with Gasteiger partial charge in [0.05, 0.1) is 23.6 Å². The van der Waals surface area contributed by atoms with Crippen molar-refractivity contribution < 1.29 is 8.42 Å². The molecule has 2 aromatic rings. The zero-order chi connectivity index (χ0) is 19.2. The van der Waals surface area contributed by atoms with E-state index in [-0.39, 0.29) is 23.6 Å². The molecular weight excluding hydrogens is 400 g/mol. The molecule has 4 rings (SSSR count). The molecule has 0 aliphatic carbocycles. The molecule has 2 atom stereocenters. The molecule has 2 aliphatic rings. The molecule has 0 radical (unpaired) electrons. The van der Waals surface area contributed by atoms with Gasteiger partial charge >= 0.3 is 0 Å². The van der Waals surface area contributed by atoms with E-state index in [9.17, 15) is 8.42 Å². The van der Waals surface area contributed by atoms with Gasteiger partial charge in [0.15, 0.2) is 15.0 Å². The number of halogens is 1. The average molecular weight is 421 g/mol. The molecule has 0 saturated carbocycles. The summed E-state index contributed by atoms with van der Waals surface area (Å²) in [6, 6.07) is 13.7. The molecule has 0 N–H and O–H groups in total. The first-order chi connectivity index (χ1) is 12.8. The van der Waals surface area contributed by atoms with Gasteiger partial charge in [0.25, 0.3) is 0 Å². The third-order valence-corrected chi connectivity index (χ3v) is 8.14. The lowest BCUT2D eigenvalue weighted by Crippen LogP contribution is -2.39. The SMILES string of the molecule is Cc1ccc(CSC2=N[C@H]3CS(=O)(=O)C[C@@H]3N2c2ccc(Cl)cc2)cc1C. The molecule has 1 saturated heterocycles. The summed E-state index contributed by atoms with van der Waals surface area (Å²) in [6.45, 7) is 4.23. The number of hydrogen-bond donors (Lipinski definition) is 0. The van der Waals surface area contributed by atoms with Gasteiger partial charge < -0.3 is 4.90 Å². The molecule has 2 aromatic carbocycles. The number of aliphatic imine (C=N–C) groups is 1. The number of benzene rings is 2. The van der Waals surface area contributed by atoms with E-state index in [1.54, 1.807) is 11.8 Å². The van der Waals surface area contributed by atoms with E-state index in [1.807, 2.05) is 24.3 Å². The topological polar surface area (TPSA) is 49.7 Å². The Bertz CT molecular complexity index is 1000. The number of fused-ring (bicyclic) bond motifs is 1. The molecule has 2 aliphatic heterocycles. The number of rotatable bonds is 3. The van der Waals surface area contributed by atoms with Crippen LogP contribution in [0.3, 0.4) is 0 Å². The van der Waals surface area contributed by atoms with Crippen LogP contribution >= 0.6 is 23.4 Å². The standard InChI is InChI=1S/C20H21ClN2O2S2/c1-13-3-4-15(9-14(13)2)10-26-20-22-18-11-27(24,25)12-19(18)23(20)17-7-5-16(21)6-8-17/h3-9,18-19H,10-12H2,1-2H3/t18-,19-/m0/s1. The summed E-state index contributed by atoms with van der Waals surface area (Å²) in [5.74, 6) is 1.09. The highest BCUT2D eigenvalue weighted by atomic mass is 35.5. The third-order valence-electron chi connectivity index (χ3n) is 5.15. The number of nitrogens with zero attached hydrogens (tertiary/aromatic N) is 2. The van der Waals surface area contributed by atoms with Gasteiger partial charge in [-0.05, 0) is 54.8 Å². The number of hydrogen-bond acceptors (Lipinski definition) is 5. The van der Waals surface area contributed by atoms with Gasteiger partial charge in [-0.25, -0.2) is 8.42 Å². The lowest BCUT2D eigenvalue weighted by atomic mass is 10.1. The molecule has 0 amide bonds. The summed E-state index contributed by atoms with van der Waals surface area (Å²) in [7, 11) is -3.04. The van der Waals surface area contributed by atoms with Crippen molar-refractivity contribution in [3.05, 3.63) is 64.2 Å². The Morgan fingerprint density at radius 3 is 2.56 bits per heavy atom. The summed E-state index contributed by atoms with van der Waals surface area (Å²) < 4.78 is 24.2. The van der Waals surface area contributed by atoms with Crippen LogP contribution in [0.1, 0.15) is 16.7 Å². The molecule has 4 nitrogen and oxygen atoms in total. The minimum atomic E-state index is -3.04. The largest absolute Gasteiger partial charge is 0.315 e. The lowest BCUT2D eigenvalue weighted by Gasteiger charge is -2.26. The van der Waals surface area contributed by atoms with Crippen LogP contribution in [0.5, 0.6) is 0 Å². The van der Waals surface area contributed by atoms with Gasteiger partial charge in [0.2, 0.25) is 0 Å². The van der Waals surface area contributed by atoms with Crippen LogP contribution in [0, 0.1) is 13.8 Å². The fourth-order valence-corrected chi connectivity index (χ4v) is 6.61.